The highest BCUT2D eigenvalue weighted by molar-refractivity contribution is 5.08. The smallest absolute Gasteiger partial charge is 0.213 e. The van der Waals surface area contributed by atoms with E-state index in [1.165, 1.54) is 32.2 Å². The van der Waals surface area contributed by atoms with Crippen LogP contribution in [0.1, 0.15) is 32.1 Å². The summed E-state index contributed by atoms with van der Waals surface area (Å²) >= 11 is 0. The Morgan fingerprint density at radius 1 is 1.38 bits per heavy atom. The molecule has 0 bridgehead atoms. The molecule has 1 aliphatic heterocycles. The first-order valence-corrected chi connectivity index (χ1v) is 6.22. The molecule has 0 spiro atoms. The van der Waals surface area contributed by atoms with Crippen molar-refractivity contribution in [3.63, 3.8) is 0 Å². The number of nitrogens with zero attached hydrogens (tertiary/aromatic N) is 1. The van der Waals surface area contributed by atoms with Crippen molar-refractivity contribution in [2.45, 2.75) is 38.1 Å². The number of ether oxygens (including phenoxy) is 1. The van der Waals surface area contributed by atoms with Gasteiger partial charge in [0.25, 0.3) is 0 Å². The molecule has 1 N–H and O–H groups in total. The Kier molecular flexibility index (Phi) is 4.62. The molecule has 0 unspecified atom stereocenters. The maximum Gasteiger partial charge on any atom is 0.213 e. The lowest BCUT2D eigenvalue weighted by Crippen LogP contribution is -2.34. The highest BCUT2D eigenvalue weighted by Crippen LogP contribution is 2.12. The fraction of sp³-hybridized carbons (Fsp3) is 0.615. The molecule has 1 aromatic heterocycles. The Balaban J connectivity index is 1.58. The third-order valence-corrected chi connectivity index (χ3v) is 3.00. The molecule has 1 atom stereocenters. The van der Waals surface area contributed by atoms with Gasteiger partial charge in [0.1, 0.15) is 0 Å². The summed E-state index contributed by atoms with van der Waals surface area (Å²) in [4.78, 5) is 4.13. The number of nitrogens with one attached hydrogen (secondary N) is 1. The van der Waals surface area contributed by atoms with E-state index in [9.17, 15) is 0 Å². The van der Waals surface area contributed by atoms with Gasteiger partial charge in [-0.15, -0.1) is 0 Å². The fourth-order valence-electron chi connectivity index (χ4n) is 2.11. The monoisotopic (exact) mass is 220 g/mol. The van der Waals surface area contributed by atoms with Crippen LogP contribution in [-0.4, -0.2) is 24.2 Å². The van der Waals surface area contributed by atoms with Crippen molar-refractivity contribution >= 4 is 0 Å². The number of hydrogen-bond donors (Lipinski definition) is 1. The molecule has 1 fully saturated rings. The van der Waals surface area contributed by atoms with Gasteiger partial charge in [-0.05, 0) is 38.3 Å². The third-order valence-electron chi connectivity index (χ3n) is 3.00. The van der Waals surface area contributed by atoms with E-state index >= 15 is 0 Å². The molecule has 2 heterocycles. The molecule has 0 saturated carbocycles. The topological polar surface area (TPSA) is 34.1 Å². The molecule has 88 valence electrons. The second-order valence-corrected chi connectivity index (χ2v) is 4.31. The average Bonchev–Trinajstić information content (AvgIpc) is 2.37. The molecule has 3 nitrogen and oxygen atoms in total. The van der Waals surface area contributed by atoms with Crippen LogP contribution in [0.15, 0.2) is 24.4 Å². The first-order valence-electron chi connectivity index (χ1n) is 6.22. The molecular weight excluding hydrogens is 200 g/mol. The van der Waals surface area contributed by atoms with Crippen LogP contribution < -0.4 is 10.1 Å². The molecule has 0 amide bonds. The molecule has 1 saturated heterocycles. The number of pyridine rings is 1. The van der Waals surface area contributed by atoms with Crippen LogP contribution in [0, 0.1) is 0 Å². The zero-order chi connectivity index (χ0) is 11.1. The van der Waals surface area contributed by atoms with Crippen LogP contribution in [0.2, 0.25) is 0 Å². The number of aromatic nitrogens is 1. The maximum atomic E-state index is 5.56. The lowest BCUT2D eigenvalue weighted by atomic mass is 10.0. The minimum Gasteiger partial charge on any atom is -0.478 e. The number of hydrogen-bond acceptors (Lipinski definition) is 3. The van der Waals surface area contributed by atoms with Gasteiger partial charge in [0.15, 0.2) is 0 Å². The van der Waals surface area contributed by atoms with Crippen molar-refractivity contribution in [3.05, 3.63) is 24.4 Å². The Hall–Kier alpha value is -1.09. The van der Waals surface area contributed by atoms with E-state index in [1.807, 2.05) is 18.2 Å². The van der Waals surface area contributed by atoms with Crippen molar-refractivity contribution in [3.8, 4) is 5.88 Å². The van der Waals surface area contributed by atoms with Crippen molar-refractivity contribution in [2.75, 3.05) is 13.2 Å². The Bertz CT molecular complexity index is 283. The van der Waals surface area contributed by atoms with Crippen LogP contribution in [0.5, 0.6) is 5.88 Å². The van der Waals surface area contributed by atoms with Gasteiger partial charge in [-0.1, -0.05) is 12.5 Å². The van der Waals surface area contributed by atoms with Crippen LogP contribution in [-0.2, 0) is 0 Å². The minimum absolute atomic E-state index is 0.709. The van der Waals surface area contributed by atoms with Crippen molar-refractivity contribution in [1.29, 1.82) is 0 Å². The molecule has 16 heavy (non-hydrogen) atoms. The summed E-state index contributed by atoms with van der Waals surface area (Å²) in [7, 11) is 0. The third kappa shape index (κ3) is 3.81. The van der Waals surface area contributed by atoms with Gasteiger partial charge >= 0.3 is 0 Å². The van der Waals surface area contributed by atoms with E-state index in [2.05, 4.69) is 10.3 Å². The quantitative estimate of drug-likeness (QED) is 0.774. The first kappa shape index (κ1) is 11.4. The highest BCUT2D eigenvalue weighted by atomic mass is 16.5. The van der Waals surface area contributed by atoms with E-state index in [0.717, 1.165) is 18.9 Å². The highest BCUT2D eigenvalue weighted by Gasteiger charge is 2.11. The van der Waals surface area contributed by atoms with E-state index in [0.29, 0.717) is 6.04 Å². The summed E-state index contributed by atoms with van der Waals surface area (Å²) in [6, 6.07) is 6.46. The zero-order valence-electron chi connectivity index (χ0n) is 9.69. The molecular formula is C13H20N2O. The Labute approximate surface area is 97.2 Å². The number of rotatable bonds is 5. The van der Waals surface area contributed by atoms with Crippen LogP contribution >= 0.6 is 0 Å². The Morgan fingerprint density at radius 2 is 2.38 bits per heavy atom. The van der Waals surface area contributed by atoms with Gasteiger partial charge in [0.05, 0.1) is 6.61 Å². The zero-order valence-corrected chi connectivity index (χ0v) is 9.69. The van der Waals surface area contributed by atoms with Gasteiger partial charge in [-0.3, -0.25) is 0 Å². The van der Waals surface area contributed by atoms with Gasteiger partial charge < -0.3 is 10.1 Å². The van der Waals surface area contributed by atoms with Crippen LogP contribution in [0.3, 0.4) is 0 Å². The van der Waals surface area contributed by atoms with Crippen molar-refractivity contribution < 1.29 is 4.74 Å². The van der Waals surface area contributed by atoms with E-state index < -0.39 is 0 Å². The van der Waals surface area contributed by atoms with Crippen LogP contribution in [0.25, 0.3) is 0 Å². The fourth-order valence-corrected chi connectivity index (χ4v) is 2.11. The average molecular weight is 220 g/mol. The lowest BCUT2D eigenvalue weighted by molar-refractivity contribution is 0.276. The minimum atomic E-state index is 0.709. The van der Waals surface area contributed by atoms with Crippen molar-refractivity contribution in [1.82, 2.24) is 10.3 Å². The Morgan fingerprint density at radius 3 is 3.12 bits per heavy atom. The second kappa shape index (κ2) is 6.48. The van der Waals surface area contributed by atoms with Crippen LogP contribution in [0.4, 0.5) is 0 Å². The summed E-state index contributed by atoms with van der Waals surface area (Å²) in [5.74, 6) is 0.735. The maximum absolute atomic E-state index is 5.56. The normalized spacial score (nSPS) is 20.6. The van der Waals surface area contributed by atoms with E-state index in [4.69, 9.17) is 4.74 Å². The first-order chi connectivity index (χ1) is 7.95. The molecule has 1 aliphatic rings. The van der Waals surface area contributed by atoms with Crippen molar-refractivity contribution in [2.24, 2.45) is 0 Å². The predicted molar refractivity (Wildman–Crippen MR) is 64.6 cm³/mol. The molecule has 0 aromatic carbocycles. The molecule has 1 aromatic rings. The molecule has 0 aliphatic carbocycles. The summed E-state index contributed by atoms with van der Waals surface area (Å²) in [5, 5.41) is 3.55. The van der Waals surface area contributed by atoms with E-state index in [-0.39, 0.29) is 0 Å². The van der Waals surface area contributed by atoms with Gasteiger partial charge in [0, 0.05) is 18.3 Å². The second-order valence-electron chi connectivity index (χ2n) is 4.31. The standard InChI is InChI=1S/C13H20N2O/c1-3-9-14-12(6-1)7-5-11-16-13-8-2-4-10-15-13/h2,4,8,10,12,14H,1,3,5-7,9,11H2/t12-/m0/s1. The SMILES string of the molecule is c1ccc(OCCC[C@@H]2CCCCN2)nc1. The molecule has 3 heteroatoms. The molecule has 2 rings (SSSR count). The van der Waals surface area contributed by atoms with Gasteiger partial charge in [-0.25, -0.2) is 4.98 Å². The van der Waals surface area contributed by atoms with Gasteiger partial charge in [-0.2, -0.15) is 0 Å². The summed E-state index contributed by atoms with van der Waals surface area (Å²) in [6.45, 7) is 1.96. The largest absolute Gasteiger partial charge is 0.478 e. The number of piperidine rings is 1. The van der Waals surface area contributed by atoms with Gasteiger partial charge in [0.2, 0.25) is 5.88 Å². The summed E-state index contributed by atoms with van der Waals surface area (Å²) in [5.41, 5.74) is 0. The summed E-state index contributed by atoms with van der Waals surface area (Å²) < 4.78 is 5.56. The van der Waals surface area contributed by atoms with E-state index in [1.54, 1.807) is 6.20 Å². The summed E-state index contributed by atoms with van der Waals surface area (Å²) in [6.07, 6.45) is 8.11. The lowest BCUT2D eigenvalue weighted by Gasteiger charge is -2.23. The predicted octanol–water partition coefficient (Wildman–Crippen LogP) is 2.38. The molecule has 0 radical (unpaired) electrons.